The van der Waals surface area contributed by atoms with Gasteiger partial charge >= 0.3 is 6.09 Å². The number of amides is 1. The number of methoxy groups -OCH3 is 1. The van der Waals surface area contributed by atoms with Crippen LogP contribution in [-0.2, 0) is 4.74 Å². The highest BCUT2D eigenvalue weighted by Gasteiger charge is 2.09. The quantitative estimate of drug-likeness (QED) is 0.325. The minimum Gasteiger partial charge on any atom is -0.452 e. The molecule has 0 radical (unpaired) electrons. The average Bonchev–Trinajstić information content (AvgIpc) is 1.97. The van der Waals surface area contributed by atoms with Crippen LogP contribution in [0.2, 0.25) is 19.6 Å². The van der Waals surface area contributed by atoms with Crippen molar-refractivity contribution in [2.24, 2.45) is 0 Å². The van der Waals surface area contributed by atoms with E-state index in [4.69, 9.17) is 0 Å². The van der Waals surface area contributed by atoms with E-state index in [1.807, 2.05) is 0 Å². The lowest BCUT2D eigenvalue weighted by atomic mass is 10.8. The molecule has 0 heterocycles. The second-order valence-electron chi connectivity index (χ2n) is 3.52. The molecule has 0 atom stereocenters. The van der Waals surface area contributed by atoms with Crippen LogP contribution in [0.5, 0.6) is 0 Å². The first kappa shape index (κ1) is 11.0. The summed E-state index contributed by atoms with van der Waals surface area (Å²) in [7, 11) is 1.55. The van der Waals surface area contributed by atoms with Crippen LogP contribution < -0.4 is 0 Å². The first-order valence-electron chi connectivity index (χ1n) is 3.71. The molecular weight excluding hydrogens is 170 g/mol. The Kier molecular flexibility index (Phi) is 3.84. The molecule has 0 aromatic heterocycles. The lowest BCUT2D eigenvalue weighted by Gasteiger charge is -2.08. The molecule has 12 heavy (non-hydrogen) atoms. The number of nitrogens with zero attached hydrogens (tertiary/aromatic N) is 1. The molecule has 0 saturated carbocycles. The molecule has 0 aliphatic carbocycles. The van der Waals surface area contributed by atoms with E-state index in [9.17, 15) is 4.79 Å². The molecule has 0 aromatic rings. The van der Waals surface area contributed by atoms with Gasteiger partial charge in [0.05, 0.1) is 7.11 Å². The zero-order chi connectivity index (χ0) is 9.78. The van der Waals surface area contributed by atoms with Crippen LogP contribution in [-0.4, -0.2) is 33.2 Å². The summed E-state index contributed by atoms with van der Waals surface area (Å²) in [6.45, 7) is 6.35. The second-order valence-corrected chi connectivity index (χ2v) is 8.27. The fourth-order valence-corrected chi connectivity index (χ4v) is 0.937. The first-order chi connectivity index (χ1) is 5.37. The van der Waals surface area contributed by atoms with E-state index >= 15 is 0 Å². The third kappa shape index (κ3) is 4.80. The fraction of sp³-hybridized carbons (Fsp3) is 0.625. The van der Waals surface area contributed by atoms with E-state index in [-0.39, 0.29) is 0 Å². The summed E-state index contributed by atoms with van der Waals surface area (Å²) in [5.41, 5.74) is 3.05. The average molecular weight is 185 g/mol. The Labute approximate surface area is 74.7 Å². The van der Waals surface area contributed by atoms with Gasteiger partial charge in [-0.1, -0.05) is 19.6 Å². The van der Waals surface area contributed by atoms with Gasteiger partial charge in [0.2, 0.25) is 0 Å². The molecule has 0 spiro atoms. The largest absolute Gasteiger partial charge is 0.452 e. The van der Waals surface area contributed by atoms with Crippen molar-refractivity contribution in [3.8, 4) is 11.6 Å². The number of ether oxygens (including phenoxy) is 1. The maximum Gasteiger partial charge on any atom is 0.420 e. The predicted octanol–water partition coefficient (Wildman–Crippen LogP) is 1.52. The molecule has 0 fully saturated rings. The zero-order valence-corrected chi connectivity index (χ0v) is 9.26. The molecular formula is C8H15NO2Si. The summed E-state index contributed by atoms with van der Waals surface area (Å²) in [5, 5.41) is 0. The lowest BCUT2D eigenvalue weighted by molar-refractivity contribution is 0.149. The minimum absolute atomic E-state index is 0.416. The van der Waals surface area contributed by atoms with E-state index in [1.54, 1.807) is 7.05 Å². The van der Waals surface area contributed by atoms with Gasteiger partial charge in [-0.05, 0) is 0 Å². The maximum absolute atomic E-state index is 10.8. The van der Waals surface area contributed by atoms with Crippen molar-refractivity contribution in [2.45, 2.75) is 19.6 Å². The summed E-state index contributed by atoms with van der Waals surface area (Å²) < 4.78 is 4.48. The van der Waals surface area contributed by atoms with E-state index in [2.05, 4.69) is 36.0 Å². The van der Waals surface area contributed by atoms with Crippen molar-refractivity contribution in [3.63, 3.8) is 0 Å². The van der Waals surface area contributed by atoms with Crippen molar-refractivity contribution in [1.29, 1.82) is 0 Å². The third-order valence-electron chi connectivity index (χ3n) is 1.05. The maximum atomic E-state index is 10.8. The van der Waals surface area contributed by atoms with Gasteiger partial charge in [0, 0.05) is 13.1 Å². The monoisotopic (exact) mass is 185 g/mol. The van der Waals surface area contributed by atoms with Gasteiger partial charge in [0.1, 0.15) is 8.07 Å². The number of rotatable bonds is 0. The molecule has 0 rings (SSSR count). The van der Waals surface area contributed by atoms with Crippen LogP contribution in [0, 0.1) is 11.6 Å². The van der Waals surface area contributed by atoms with Crippen molar-refractivity contribution in [2.75, 3.05) is 14.2 Å². The Morgan fingerprint density at radius 3 is 2.25 bits per heavy atom. The zero-order valence-electron chi connectivity index (χ0n) is 8.26. The van der Waals surface area contributed by atoms with E-state index < -0.39 is 14.2 Å². The lowest BCUT2D eigenvalue weighted by Crippen LogP contribution is -2.24. The van der Waals surface area contributed by atoms with Gasteiger partial charge in [-0.25, -0.2) is 9.69 Å². The van der Waals surface area contributed by atoms with Crippen LogP contribution in [0.1, 0.15) is 0 Å². The predicted molar refractivity (Wildman–Crippen MR) is 51.3 cm³/mol. The Morgan fingerprint density at radius 2 is 1.92 bits per heavy atom. The summed E-state index contributed by atoms with van der Waals surface area (Å²) in [4.78, 5) is 12.1. The van der Waals surface area contributed by atoms with Gasteiger partial charge in [0.15, 0.2) is 0 Å². The van der Waals surface area contributed by atoms with Crippen molar-refractivity contribution >= 4 is 14.2 Å². The molecule has 4 heteroatoms. The molecule has 0 aliphatic rings. The molecule has 1 amide bonds. The summed E-state index contributed by atoms with van der Waals surface area (Å²) in [5.74, 6) is 0. The number of hydrogen-bond acceptors (Lipinski definition) is 2. The van der Waals surface area contributed by atoms with Gasteiger partial charge in [0.25, 0.3) is 0 Å². The Hall–Kier alpha value is -0.953. The third-order valence-corrected chi connectivity index (χ3v) is 1.91. The highest BCUT2D eigenvalue weighted by atomic mass is 28.3. The smallest absolute Gasteiger partial charge is 0.420 e. The normalized spacial score (nSPS) is 9.75. The van der Waals surface area contributed by atoms with Gasteiger partial charge in [-0.3, -0.25) is 0 Å². The Morgan fingerprint density at radius 1 is 1.42 bits per heavy atom. The standard InChI is InChI=1S/C8H15NO2Si/c1-9(8(10)11-2)6-7-12(3,4)5/h1-5H3. The van der Waals surface area contributed by atoms with Crippen LogP contribution in [0.25, 0.3) is 0 Å². The van der Waals surface area contributed by atoms with E-state index in [0.29, 0.717) is 0 Å². The van der Waals surface area contributed by atoms with Gasteiger partial charge in [-0.15, -0.1) is 5.54 Å². The van der Waals surface area contributed by atoms with E-state index in [0.717, 1.165) is 0 Å². The van der Waals surface area contributed by atoms with Gasteiger partial charge < -0.3 is 4.74 Å². The minimum atomic E-state index is -1.39. The molecule has 68 valence electrons. The van der Waals surface area contributed by atoms with Gasteiger partial charge in [-0.2, -0.15) is 0 Å². The molecule has 0 unspecified atom stereocenters. The number of carbonyl (C=O) groups excluding carboxylic acids is 1. The first-order valence-corrected chi connectivity index (χ1v) is 7.21. The number of carbonyl (C=O) groups is 1. The molecule has 0 saturated heterocycles. The number of hydrogen-bond donors (Lipinski definition) is 0. The Balaban J connectivity index is 4.23. The molecule has 0 aliphatic heterocycles. The van der Waals surface area contributed by atoms with Crippen molar-refractivity contribution in [3.05, 3.63) is 0 Å². The molecule has 3 nitrogen and oxygen atoms in total. The van der Waals surface area contributed by atoms with E-state index in [1.165, 1.54) is 12.0 Å². The summed E-state index contributed by atoms with van der Waals surface area (Å²) in [6.07, 6.45) is -0.416. The summed E-state index contributed by atoms with van der Waals surface area (Å²) >= 11 is 0. The highest BCUT2D eigenvalue weighted by Crippen LogP contribution is 1.96. The highest BCUT2D eigenvalue weighted by molar-refractivity contribution is 6.83. The van der Waals surface area contributed by atoms with Crippen LogP contribution >= 0.6 is 0 Å². The molecule has 0 aromatic carbocycles. The Bertz CT molecular complexity index is 221. The van der Waals surface area contributed by atoms with Crippen molar-refractivity contribution in [1.82, 2.24) is 4.90 Å². The fourth-order valence-electron chi connectivity index (χ4n) is 0.434. The molecule has 0 N–H and O–H groups in total. The van der Waals surface area contributed by atoms with Crippen LogP contribution in [0.4, 0.5) is 4.79 Å². The van der Waals surface area contributed by atoms with Crippen LogP contribution in [0.15, 0.2) is 0 Å². The molecule has 0 bridgehead atoms. The summed E-state index contributed by atoms with van der Waals surface area (Å²) in [6, 6.07) is 2.74. The topological polar surface area (TPSA) is 29.5 Å². The van der Waals surface area contributed by atoms with Crippen LogP contribution in [0.3, 0.4) is 0 Å². The SMILES string of the molecule is COC(=O)N(C)C#C[Si](C)(C)C. The second kappa shape index (κ2) is 4.17. The van der Waals surface area contributed by atoms with Crippen molar-refractivity contribution < 1.29 is 9.53 Å².